The molecule has 0 spiro atoms. The number of rotatable bonds is 6. The maximum atomic E-state index is 12.4. The van der Waals surface area contributed by atoms with E-state index in [9.17, 15) is 4.79 Å². The van der Waals surface area contributed by atoms with Crippen molar-refractivity contribution in [1.82, 2.24) is 10.3 Å². The Hall–Kier alpha value is -1.52. The highest BCUT2D eigenvalue weighted by molar-refractivity contribution is 5.86. The number of nitrogens with one attached hydrogen (secondary N) is 2. The Morgan fingerprint density at radius 1 is 1.33 bits per heavy atom. The van der Waals surface area contributed by atoms with Crippen molar-refractivity contribution in [2.75, 3.05) is 6.54 Å². The van der Waals surface area contributed by atoms with Crippen molar-refractivity contribution in [3.63, 3.8) is 0 Å². The lowest BCUT2D eigenvalue weighted by atomic mass is 9.83. The summed E-state index contributed by atoms with van der Waals surface area (Å²) in [6, 6.07) is 7.62. The van der Waals surface area contributed by atoms with Crippen LogP contribution in [0.25, 0.3) is 10.9 Å². The monoisotopic (exact) mass is 349 g/mol. The van der Waals surface area contributed by atoms with Crippen molar-refractivity contribution in [2.45, 2.75) is 51.5 Å². The van der Waals surface area contributed by atoms with E-state index in [0.717, 1.165) is 29.4 Å². The average Bonchev–Trinajstić information content (AvgIpc) is 3.21. The number of benzene rings is 1. The number of nitrogens with two attached hydrogens (primary N) is 1. The fraction of sp³-hybridized carbons (Fsp3) is 0.526. The first-order valence-corrected chi connectivity index (χ1v) is 8.72. The molecule has 1 heterocycles. The summed E-state index contributed by atoms with van der Waals surface area (Å²) in [5, 5.41) is 4.25. The fourth-order valence-corrected chi connectivity index (χ4v) is 3.82. The SMILES string of the molecule is CCC1(CNC(=O)[C@@H](N)Cc2c[nH]c3ccccc23)CCCC1.Cl. The standard InChI is InChI=1S/C19H27N3O.ClH/c1-2-19(9-5-6-10-19)13-22-18(23)16(20)11-14-12-21-17-8-4-3-7-15(14)17;/h3-4,7-8,12,16,21H,2,5-6,9-11,13,20H2,1H3,(H,22,23);1H/t16-;/m0./s1. The van der Waals surface area contributed by atoms with Crippen molar-refractivity contribution in [3.05, 3.63) is 36.0 Å². The first-order chi connectivity index (χ1) is 11.1. The predicted molar refractivity (Wildman–Crippen MR) is 101 cm³/mol. The van der Waals surface area contributed by atoms with Gasteiger partial charge in [0.05, 0.1) is 6.04 Å². The van der Waals surface area contributed by atoms with Gasteiger partial charge in [0.2, 0.25) is 5.91 Å². The minimum absolute atomic E-state index is 0. The van der Waals surface area contributed by atoms with Crippen LogP contribution in [0.1, 0.15) is 44.6 Å². The molecule has 0 bridgehead atoms. The summed E-state index contributed by atoms with van der Waals surface area (Å²) in [5.74, 6) is -0.0324. The molecular weight excluding hydrogens is 322 g/mol. The number of halogens is 1. The molecule has 0 saturated heterocycles. The molecule has 1 amide bonds. The number of carbonyl (C=O) groups excluding carboxylic acids is 1. The van der Waals surface area contributed by atoms with Crippen LogP contribution in [0.2, 0.25) is 0 Å². The van der Waals surface area contributed by atoms with E-state index in [4.69, 9.17) is 5.73 Å². The van der Waals surface area contributed by atoms with Gasteiger partial charge in [-0.05, 0) is 42.7 Å². The molecule has 0 radical (unpaired) electrons. The largest absolute Gasteiger partial charge is 0.361 e. The quantitative estimate of drug-likeness (QED) is 0.746. The van der Waals surface area contributed by atoms with Gasteiger partial charge in [-0.2, -0.15) is 0 Å². The minimum atomic E-state index is -0.496. The number of aromatic amines is 1. The van der Waals surface area contributed by atoms with Gasteiger partial charge in [0.25, 0.3) is 0 Å². The molecule has 24 heavy (non-hydrogen) atoms. The molecule has 1 atom stereocenters. The molecule has 1 fully saturated rings. The summed E-state index contributed by atoms with van der Waals surface area (Å²) < 4.78 is 0. The predicted octanol–water partition coefficient (Wildman–Crippen LogP) is 3.55. The van der Waals surface area contributed by atoms with Gasteiger partial charge in [-0.25, -0.2) is 0 Å². The average molecular weight is 350 g/mol. The summed E-state index contributed by atoms with van der Waals surface area (Å²) in [7, 11) is 0. The molecule has 1 aromatic heterocycles. The van der Waals surface area contributed by atoms with Crippen LogP contribution in [0.3, 0.4) is 0 Å². The zero-order valence-corrected chi connectivity index (χ0v) is 15.1. The summed E-state index contributed by atoms with van der Waals surface area (Å²) in [4.78, 5) is 15.6. The maximum Gasteiger partial charge on any atom is 0.237 e. The smallest absolute Gasteiger partial charge is 0.237 e. The van der Waals surface area contributed by atoms with Gasteiger partial charge >= 0.3 is 0 Å². The summed E-state index contributed by atoms with van der Waals surface area (Å²) in [6.07, 6.45) is 8.67. The van der Waals surface area contributed by atoms with Crippen LogP contribution in [-0.4, -0.2) is 23.5 Å². The molecular formula is C19H28ClN3O. The van der Waals surface area contributed by atoms with Crippen LogP contribution < -0.4 is 11.1 Å². The Morgan fingerprint density at radius 3 is 2.75 bits per heavy atom. The fourth-order valence-electron chi connectivity index (χ4n) is 3.82. The van der Waals surface area contributed by atoms with Crippen LogP contribution in [0.15, 0.2) is 30.5 Å². The molecule has 1 aliphatic rings. The van der Waals surface area contributed by atoms with Crippen molar-refractivity contribution in [2.24, 2.45) is 11.1 Å². The minimum Gasteiger partial charge on any atom is -0.361 e. The van der Waals surface area contributed by atoms with E-state index in [1.807, 2.05) is 24.4 Å². The van der Waals surface area contributed by atoms with Gasteiger partial charge in [0.15, 0.2) is 0 Å². The zero-order valence-electron chi connectivity index (χ0n) is 14.3. The zero-order chi connectivity index (χ0) is 16.3. The van der Waals surface area contributed by atoms with E-state index in [-0.39, 0.29) is 18.3 Å². The van der Waals surface area contributed by atoms with E-state index in [0.29, 0.717) is 11.8 Å². The lowest BCUT2D eigenvalue weighted by Crippen LogP contribution is -2.45. The lowest BCUT2D eigenvalue weighted by molar-refractivity contribution is -0.122. The molecule has 1 aliphatic carbocycles. The van der Waals surface area contributed by atoms with Crippen molar-refractivity contribution in [1.29, 1.82) is 0 Å². The van der Waals surface area contributed by atoms with Gasteiger partial charge in [0, 0.05) is 23.6 Å². The molecule has 0 unspecified atom stereocenters. The second kappa shape index (κ2) is 8.04. The van der Waals surface area contributed by atoms with Crippen LogP contribution in [0.5, 0.6) is 0 Å². The number of fused-ring (bicyclic) bond motifs is 1. The Balaban J connectivity index is 0.00000208. The number of amides is 1. The molecule has 3 rings (SSSR count). The molecule has 2 aromatic rings. The lowest BCUT2D eigenvalue weighted by Gasteiger charge is -2.28. The number of para-hydroxylation sites is 1. The molecule has 0 aliphatic heterocycles. The third-order valence-electron chi connectivity index (χ3n) is 5.50. The summed E-state index contributed by atoms with van der Waals surface area (Å²) in [5.41, 5.74) is 8.64. The van der Waals surface area contributed by atoms with Gasteiger partial charge in [0.1, 0.15) is 0 Å². The maximum absolute atomic E-state index is 12.4. The van der Waals surface area contributed by atoms with Crippen LogP contribution in [-0.2, 0) is 11.2 Å². The van der Waals surface area contributed by atoms with Gasteiger partial charge in [-0.1, -0.05) is 38.0 Å². The van der Waals surface area contributed by atoms with Crippen LogP contribution >= 0.6 is 12.4 Å². The van der Waals surface area contributed by atoms with E-state index >= 15 is 0 Å². The molecule has 4 nitrogen and oxygen atoms in total. The Morgan fingerprint density at radius 2 is 2.04 bits per heavy atom. The second-order valence-electron chi connectivity index (χ2n) is 6.95. The van der Waals surface area contributed by atoms with E-state index in [1.54, 1.807) is 0 Å². The summed E-state index contributed by atoms with van der Waals surface area (Å²) in [6.45, 7) is 2.99. The number of hydrogen-bond acceptors (Lipinski definition) is 2. The highest BCUT2D eigenvalue weighted by Gasteiger charge is 2.32. The van der Waals surface area contributed by atoms with Crippen molar-refractivity contribution >= 4 is 29.2 Å². The topological polar surface area (TPSA) is 70.9 Å². The first-order valence-electron chi connectivity index (χ1n) is 8.72. The number of H-pyrrole nitrogens is 1. The Kier molecular flexibility index (Phi) is 6.30. The number of hydrogen-bond donors (Lipinski definition) is 3. The first kappa shape index (κ1) is 18.8. The van der Waals surface area contributed by atoms with Crippen molar-refractivity contribution < 1.29 is 4.79 Å². The number of carbonyl (C=O) groups is 1. The van der Waals surface area contributed by atoms with E-state index < -0.39 is 6.04 Å². The van der Waals surface area contributed by atoms with E-state index in [2.05, 4.69) is 23.3 Å². The van der Waals surface area contributed by atoms with Gasteiger partial charge < -0.3 is 16.0 Å². The van der Waals surface area contributed by atoms with Gasteiger partial charge in [-0.3, -0.25) is 4.79 Å². The normalized spacial score (nSPS) is 17.4. The molecule has 4 N–H and O–H groups in total. The highest BCUT2D eigenvalue weighted by atomic mass is 35.5. The molecule has 1 saturated carbocycles. The number of aromatic nitrogens is 1. The van der Waals surface area contributed by atoms with Crippen molar-refractivity contribution in [3.8, 4) is 0 Å². The summed E-state index contributed by atoms with van der Waals surface area (Å²) >= 11 is 0. The molecule has 1 aromatic carbocycles. The van der Waals surface area contributed by atoms with E-state index in [1.165, 1.54) is 25.7 Å². The third-order valence-corrected chi connectivity index (χ3v) is 5.50. The third kappa shape index (κ3) is 3.93. The van der Waals surface area contributed by atoms with Gasteiger partial charge in [-0.15, -0.1) is 12.4 Å². The molecule has 5 heteroatoms. The van der Waals surface area contributed by atoms with Crippen LogP contribution in [0, 0.1) is 5.41 Å². The van der Waals surface area contributed by atoms with Crippen LogP contribution in [0.4, 0.5) is 0 Å². The Labute approximate surface area is 150 Å². The highest BCUT2D eigenvalue weighted by Crippen LogP contribution is 2.40. The molecule has 132 valence electrons. The Bertz CT molecular complexity index is 676. The second-order valence-corrected chi connectivity index (χ2v) is 6.95.